The third-order valence-electron chi connectivity index (χ3n) is 4.80. The first-order chi connectivity index (χ1) is 15.3. The average molecular weight is 524 g/mol. The van der Waals surface area contributed by atoms with E-state index in [9.17, 15) is 4.79 Å². The van der Waals surface area contributed by atoms with Gasteiger partial charge >= 0.3 is 5.97 Å². The van der Waals surface area contributed by atoms with E-state index in [-0.39, 0.29) is 19.8 Å². The van der Waals surface area contributed by atoms with Crippen LogP contribution in [0.25, 0.3) is 0 Å². The maximum absolute atomic E-state index is 11.7. The van der Waals surface area contributed by atoms with E-state index in [1.165, 1.54) is 14.0 Å². The van der Waals surface area contributed by atoms with Crippen LogP contribution in [-0.4, -0.2) is 44.3 Å². The Hall–Kier alpha value is -1.09. The highest BCUT2D eigenvalue weighted by Gasteiger charge is 2.48. The molecule has 0 aliphatic carbocycles. The molecule has 10 heteroatoms. The molecule has 2 aromatic carbocycles. The van der Waals surface area contributed by atoms with Gasteiger partial charge in [-0.15, -0.1) is 0 Å². The number of methoxy groups -OCH3 is 1. The number of ether oxygens (including phenoxy) is 5. The smallest absolute Gasteiger partial charge is 0.303 e. The molecule has 1 aliphatic heterocycles. The Morgan fingerprint density at radius 1 is 0.938 bits per heavy atom. The molecule has 1 fully saturated rings. The highest BCUT2D eigenvalue weighted by Crippen LogP contribution is 2.30. The zero-order chi connectivity index (χ0) is 23.3. The van der Waals surface area contributed by atoms with E-state index < -0.39 is 30.6 Å². The van der Waals surface area contributed by atoms with Crippen LogP contribution in [0.5, 0.6) is 0 Å². The number of esters is 1. The Balaban J connectivity index is 1.70. The second kappa shape index (κ2) is 11.9. The summed E-state index contributed by atoms with van der Waals surface area (Å²) < 4.78 is 28.6. The van der Waals surface area contributed by atoms with Crippen molar-refractivity contribution in [2.24, 2.45) is 0 Å². The third kappa shape index (κ3) is 6.72. The highest BCUT2D eigenvalue weighted by atomic mass is 35.5. The maximum Gasteiger partial charge on any atom is 0.303 e. The Morgan fingerprint density at radius 2 is 1.53 bits per heavy atom. The van der Waals surface area contributed by atoms with Crippen LogP contribution < -0.4 is 0 Å². The zero-order valence-corrected chi connectivity index (χ0v) is 20.4. The first-order valence-corrected chi connectivity index (χ1v) is 11.2. The molecule has 0 amide bonds. The minimum atomic E-state index is -0.808. The number of benzene rings is 2. The summed E-state index contributed by atoms with van der Waals surface area (Å²) in [5.41, 5.74) is 1.51. The second-order valence-corrected chi connectivity index (χ2v) is 8.80. The Morgan fingerprint density at radius 3 is 2.06 bits per heavy atom. The van der Waals surface area contributed by atoms with Crippen LogP contribution in [0, 0.1) is 0 Å². The monoisotopic (exact) mass is 522 g/mol. The molecule has 2 aromatic rings. The molecule has 0 radical (unpaired) electrons. The summed E-state index contributed by atoms with van der Waals surface area (Å²) in [5.74, 6) is -0.478. The van der Waals surface area contributed by atoms with Gasteiger partial charge in [-0.3, -0.25) is 4.79 Å². The molecule has 0 unspecified atom stereocenters. The standard InChI is InChI=1S/C22H22Cl4O6/c1-12(27)31-21-20(30-10-14-4-6-16(24)8-18(14)26)19(32-22(21)28-2)11-29-9-13-3-5-15(23)7-17(13)25/h3-8,19-22H,9-11H2,1-2H3/t19-,20-,21-,22-/m1/s1. The van der Waals surface area contributed by atoms with Crippen LogP contribution in [0.2, 0.25) is 20.1 Å². The van der Waals surface area contributed by atoms with Gasteiger partial charge in [-0.05, 0) is 35.4 Å². The van der Waals surface area contributed by atoms with Gasteiger partial charge < -0.3 is 23.7 Å². The van der Waals surface area contributed by atoms with E-state index in [0.29, 0.717) is 20.1 Å². The van der Waals surface area contributed by atoms with Crippen molar-refractivity contribution >= 4 is 52.4 Å². The van der Waals surface area contributed by atoms with Crippen molar-refractivity contribution in [3.63, 3.8) is 0 Å². The summed E-state index contributed by atoms with van der Waals surface area (Å²) in [5, 5.41) is 2.03. The molecular weight excluding hydrogens is 502 g/mol. The van der Waals surface area contributed by atoms with E-state index in [4.69, 9.17) is 70.1 Å². The minimum Gasteiger partial charge on any atom is -0.454 e. The number of carbonyl (C=O) groups is 1. The Bertz CT molecular complexity index is 941. The van der Waals surface area contributed by atoms with Crippen molar-refractivity contribution in [1.29, 1.82) is 0 Å². The summed E-state index contributed by atoms with van der Waals surface area (Å²) >= 11 is 24.4. The van der Waals surface area contributed by atoms with Gasteiger partial charge in [0.1, 0.15) is 12.2 Å². The highest BCUT2D eigenvalue weighted by molar-refractivity contribution is 6.35. The first-order valence-electron chi connectivity index (χ1n) is 9.71. The third-order valence-corrected chi connectivity index (χ3v) is 5.98. The lowest BCUT2D eigenvalue weighted by molar-refractivity contribution is -0.180. The molecule has 174 valence electrons. The van der Waals surface area contributed by atoms with Crippen LogP contribution in [0.3, 0.4) is 0 Å². The van der Waals surface area contributed by atoms with Crippen LogP contribution in [0.1, 0.15) is 18.1 Å². The Labute approximate surface area is 206 Å². The van der Waals surface area contributed by atoms with E-state index in [1.54, 1.807) is 36.4 Å². The lowest BCUT2D eigenvalue weighted by atomic mass is 10.1. The van der Waals surface area contributed by atoms with E-state index in [1.807, 2.05) is 0 Å². The summed E-state index contributed by atoms with van der Waals surface area (Å²) in [6, 6.07) is 10.3. The molecule has 1 saturated heterocycles. The maximum atomic E-state index is 11.7. The number of carbonyl (C=O) groups excluding carboxylic acids is 1. The molecule has 4 atom stereocenters. The molecule has 0 spiro atoms. The van der Waals surface area contributed by atoms with Gasteiger partial charge in [-0.25, -0.2) is 0 Å². The topological polar surface area (TPSA) is 63.2 Å². The van der Waals surface area contributed by atoms with Gasteiger partial charge in [0.2, 0.25) is 0 Å². The second-order valence-electron chi connectivity index (χ2n) is 7.11. The number of rotatable bonds is 9. The molecule has 0 saturated carbocycles. The molecule has 6 nitrogen and oxygen atoms in total. The fraction of sp³-hybridized carbons (Fsp3) is 0.409. The van der Waals surface area contributed by atoms with Crippen molar-refractivity contribution < 1.29 is 28.5 Å². The first kappa shape index (κ1) is 25.5. The molecule has 1 aliphatic rings. The van der Waals surface area contributed by atoms with Crippen molar-refractivity contribution in [2.75, 3.05) is 13.7 Å². The molecule has 0 bridgehead atoms. The predicted octanol–water partition coefficient (Wildman–Crippen LogP) is 5.71. The normalized spacial score (nSPS) is 22.8. The van der Waals surface area contributed by atoms with Gasteiger partial charge in [-0.1, -0.05) is 58.5 Å². The SMILES string of the molecule is CO[C@@H]1O[C@H](COCc2ccc(Cl)cc2Cl)[C@@H](OCc2ccc(Cl)cc2Cl)[C@H]1OC(C)=O. The van der Waals surface area contributed by atoms with Gasteiger partial charge in [-0.2, -0.15) is 0 Å². The van der Waals surface area contributed by atoms with Crippen molar-refractivity contribution in [2.45, 2.75) is 44.7 Å². The predicted molar refractivity (Wildman–Crippen MR) is 122 cm³/mol. The van der Waals surface area contributed by atoms with Crippen molar-refractivity contribution in [1.82, 2.24) is 0 Å². The molecule has 1 heterocycles. The summed E-state index contributed by atoms with van der Waals surface area (Å²) in [4.78, 5) is 11.7. The molecule has 32 heavy (non-hydrogen) atoms. The molecular formula is C22H22Cl4O6. The van der Waals surface area contributed by atoms with E-state index >= 15 is 0 Å². The lowest BCUT2D eigenvalue weighted by Crippen LogP contribution is -2.40. The van der Waals surface area contributed by atoms with Crippen LogP contribution in [-0.2, 0) is 41.7 Å². The summed E-state index contributed by atoms with van der Waals surface area (Å²) in [6.45, 7) is 1.85. The average Bonchev–Trinajstić information content (AvgIpc) is 3.05. The summed E-state index contributed by atoms with van der Waals surface area (Å²) in [7, 11) is 1.46. The van der Waals surface area contributed by atoms with Crippen molar-refractivity contribution in [3.8, 4) is 0 Å². The van der Waals surface area contributed by atoms with Gasteiger partial charge in [0.15, 0.2) is 12.4 Å². The fourth-order valence-corrected chi connectivity index (χ4v) is 4.21. The van der Waals surface area contributed by atoms with Crippen LogP contribution in [0.15, 0.2) is 36.4 Å². The van der Waals surface area contributed by atoms with E-state index in [2.05, 4.69) is 0 Å². The molecule has 0 N–H and O–H groups in total. The van der Waals surface area contributed by atoms with E-state index in [0.717, 1.165) is 11.1 Å². The number of halogens is 4. The van der Waals surface area contributed by atoms with Gasteiger partial charge in [0, 0.05) is 34.1 Å². The Kier molecular flexibility index (Phi) is 9.46. The number of hydrogen-bond acceptors (Lipinski definition) is 6. The fourth-order valence-electron chi connectivity index (χ4n) is 3.28. The van der Waals surface area contributed by atoms with Gasteiger partial charge in [0.25, 0.3) is 0 Å². The largest absolute Gasteiger partial charge is 0.454 e. The summed E-state index contributed by atoms with van der Waals surface area (Å²) in [6.07, 6.45) is -2.81. The zero-order valence-electron chi connectivity index (χ0n) is 17.4. The van der Waals surface area contributed by atoms with Gasteiger partial charge in [0.05, 0.1) is 19.8 Å². The molecule has 0 aromatic heterocycles. The molecule has 3 rings (SSSR count). The van der Waals surface area contributed by atoms with Crippen molar-refractivity contribution in [3.05, 3.63) is 67.6 Å². The lowest BCUT2D eigenvalue weighted by Gasteiger charge is -2.24. The van der Waals surface area contributed by atoms with Crippen LogP contribution >= 0.6 is 46.4 Å². The quantitative estimate of drug-likeness (QED) is 0.392. The number of hydrogen-bond donors (Lipinski definition) is 0. The van der Waals surface area contributed by atoms with Crippen LogP contribution in [0.4, 0.5) is 0 Å². The minimum absolute atomic E-state index is 0.148.